The fourth-order valence-corrected chi connectivity index (χ4v) is 3.26. The van der Waals surface area contributed by atoms with Crippen LogP contribution in [0.2, 0.25) is 5.02 Å². The van der Waals surface area contributed by atoms with E-state index in [4.69, 9.17) is 11.6 Å². The van der Waals surface area contributed by atoms with Crippen LogP contribution in [0.5, 0.6) is 0 Å². The summed E-state index contributed by atoms with van der Waals surface area (Å²) in [5.74, 6) is 0.00507. The highest BCUT2D eigenvalue weighted by molar-refractivity contribution is 7.90. The van der Waals surface area contributed by atoms with Crippen molar-refractivity contribution in [2.24, 2.45) is 0 Å². The van der Waals surface area contributed by atoms with E-state index >= 15 is 0 Å². The summed E-state index contributed by atoms with van der Waals surface area (Å²) in [7, 11) is -3.42. The molecule has 26 heavy (non-hydrogen) atoms. The quantitative estimate of drug-likeness (QED) is 0.645. The van der Waals surface area contributed by atoms with Gasteiger partial charge in [0.15, 0.2) is 15.5 Å². The molecule has 0 spiro atoms. The number of para-hydroxylation sites is 1. The van der Waals surface area contributed by atoms with Gasteiger partial charge in [0, 0.05) is 18.0 Å². The fraction of sp³-hybridized carbons (Fsp3) is 0.118. The van der Waals surface area contributed by atoms with Crippen LogP contribution in [-0.2, 0) is 16.0 Å². The molecule has 0 atom stereocenters. The molecule has 9 heteroatoms. The molecule has 4 nitrogen and oxygen atoms in total. The number of rotatable bonds is 3. The van der Waals surface area contributed by atoms with E-state index in [9.17, 15) is 21.6 Å². The van der Waals surface area contributed by atoms with Crippen LogP contribution in [0.4, 0.5) is 13.2 Å². The number of imidazole rings is 1. The largest absolute Gasteiger partial charge is 0.434 e. The molecule has 0 radical (unpaired) electrons. The monoisotopic (exact) mass is 400 g/mol. The van der Waals surface area contributed by atoms with Crippen molar-refractivity contribution >= 4 is 21.4 Å². The number of nitrogens with zero attached hydrogens (tertiary/aromatic N) is 2. The van der Waals surface area contributed by atoms with Crippen molar-refractivity contribution in [1.29, 1.82) is 0 Å². The Hall–Kier alpha value is -2.32. The number of benzene rings is 2. The highest BCUT2D eigenvalue weighted by Gasteiger charge is 2.35. The van der Waals surface area contributed by atoms with Crippen LogP contribution in [0.3, 0.4) is 0 Å². The van der Waals surface area contributed by atoms with Crippen LogP contribution in [0.25, 0.3) is 17.1 Å². The Morgan fingerprint density at radius 3 is 2.19 bits per heavy atom. The van der Waals surface area contributed by atoms with Gasteiger partial charge in [0.05, 0.1) is 15.6 Å². The molecule has 1 aromatic heterocycles. The zero-order valence-electron chi connectivity index (χ0n) is 13.3. The first-order valence-electron chi connectivity index (χ1n) is 7.29. The van der Waals surface area contributed by atoms with Crippen LogP contribution >= 0.6 is 11.6 Å². The maximum absolute atomic E-state index is 13.1. The van der Waals surface area contributed by atoms with E-state index in [0.29, 0.717) is 11.3 Å². The molecule has 0 amide bonds. The molecule has 0 N–H and O–H groups in total. The third-order valence-electron chi connectivity index (χ3n) is 3.65. The molecule has 0 aliphatic heterocycles. The predicted molar refractivity (Wildman–Crippen MR) is 92.1 cm³/mol. The van der Waals surface area contributed by atoms with Crippen LogP contribution < -0.4 is 0 Å². The second kappa shape index (κ2) is 6.44. The molecule has 0 fully saturated rings. The lowest BCUT2D eigenvalue weighted by Gasteiger charge is -2.10. The highest BCUT2D eigenvalue weighted by atomic mass is 35.5. The molecule has 0 unspecified atom stereocenters. The van der Waals surface area contributed by atoms with E-state index in [0.717, 1.165) is 12.5 Å². The molecule has 3 rings (SSSR count). The predicted octanol–water partition coefficient (Wildman–Crippen LogP) is 4.62. The Bertz CT molecular complexity index is 1060. The van der Waals surface area contributed by atoms with Gasteiger partial charge in [0.2, 0.25) is 0 Å². The second-order valence-corrected chi connectivity index (χ2v) is 7.99. The number of halogens is 4. The van der Waals surface area contributed by atoms with Crippen molar-refractivity contribution in [3.63, 3.8) is 0 Å². The number of hydrogen-bond donors (Lipinski definition) is 0. The van der Waals surface area contributed by atoms with E-state index in [-0.39, 0.29) is 15.7 Å². The van der Waals surface area contributed by atoms with Crippen molar-refractivity contribution in [2.45, 2.75) is 11.1 Å². The lowest BCUT2D eigenvalue weighted by molar-refractivity contribution is -0.140. The summed E-state index contributed by atoms with van der Waals surface area (Å²) in [4.78, 5) is 3.75. The van der Waals surface area contributed by atoms with Gasteiger partial charge in [-0.1, -0.05) is 23.7 Å². The first-order chi connectivity index (χ1) is 12.1. The molecular formula is C17H12ClF3N2O2S. The molecule has 136 valence electrons. The molecular weight excluding hydrogens is 389 g/mol. The third kappa shape index (κ3) is 3.61. The number of sulfone groups is 1. The minimum absolute atomic E-state index is 0.00507. The lowest BCUT2D eigenvalue weighted by Crippen LogP contribution is -2.05. The zero-order valence-corrected chi connectivity index (χ0v) is 14.9. The molecule has 2 aromatic carbocycles. The van der Waals surface area contributed by atoms with Gasteiger partial charge >= 0.3 is 6.18 Å². The van der Waals surface area contributed by atoms with Gasteiger partial charge in [0.25, 0.3) is 0 Å². The Labute approximate surface area is 152 Å². The minimum atomic E-state index is -4.63. The normalized spacial score (nSPS) is 12.3. The summed E-state index contributed by atoms with van der Waals surface area (Å²) < 4.78 is 63.8. The molecule has 3 aromatic rings. The van der Waals surface area contributed by atoms with E-state index in [1.54, 1.807) is 24.3 Å². The molecule has 1 heterocycles. The summed E-state index contributed by atoms with van der Waals surface area (Å²) in [5, 5.41) is 0.257. The van der Waals surface area contributed by atoms with Gasteiger partial charge in [-0.05, 0) is 36.4 Å². The Morgan fingerprint density at radius 1 is 1.04 bits per heavy atom. The van der Waals surface area contributed by atoms with Crippen molar-refractivity contribution in [3.05, 3.63) is 65.4 Å². The smallest absolute Gasteiger partial charge is 0.298 e. The van der Waals surface area contributed by atoms with Gasteiger partial charge in [-0.15, -0.1) is 0 Å². The van der Waals surface area contributed by atoms with Crippen LogP contribution in [-0.4, -0.2) is 24.2 Å². The van der Waals surface area contributed by atoms with Crippen LogP contribution in [0.15, 0.2) is 59.6 Å². The number of hydrogen-bond acceptors (Lipinski definition) is 3. The maximum Gasteiger partial charge on any atom is 0.434 e. The second-order valence-electron chi connectivity index (χ2n) is 5.57. The Balaban J connectivity index is 2.20. The minimum Gasteiger partial charge on any atom is -0.298 e. The van der Waals surface area contributed by atoms with E-state index in [1.807, 2.05) is 0 Å². The lowest BCUT2D eigenvalue weighted by atomic mass is 10.2. The summed E-state index contributed by atoms with van der Waals surface area (Å²) >= 11 is 6.12. The molecule has 0 saturated carbocycles. The first kappa shape index (κ1) is 18.5. The fourth-order valence-electron chi connectivity index (χ4n) is 2.40. The van der Waals surface area contributed by atoms with E-state index in [1.165, 1.54) is 28.8 Å². The van der Waals surface area contributed by atoms with Gasteiger partial charge in [-0.2, -0.15) is 13.2 Å². The van der Waals surface area contributed by atoms with Crippen molar-refractivity contribution in [2.75, 3.05) is 6.26 Å². The molecule has 0 saturated heterocycles. The Morgan fingerprint density at radius 2 is 1.65 bits per heavy atom. The molecule has 0 aliphatic rings. The molecule has 0 bridgehead atoms. The highest BCUT2D eigenvalue weighted by Crippen LogP contribution is 2.34. The molecule has 0 aliphatic carbocycles. The zero-order chi connectivity index (χ0) is 19.1. The van der Waals surface area contributed by atoms with Crippen molar-refractivity contribution in [3.8, 4) is 17.1 Å². The first-order valence-corrected chi connectivity index (χ1v) is 9.56. The number of aromatic nitrogens is 2. The average Bonchev–Trinajstić information content (AvgIpc) is 3.00. The van der Waals surface area contributed by atoms with Crippen LogP contribution in [0, 0.1) is 0 Å². The number of alkyl halides is 3. The summed E-state index contributed by atoms with van der Waals surface area (Å²) in [6, 6.07) is 11.9. The summed E-state index contributed by atoms with van der Waals surface area (Å²) in [5.41, 5.74) is -0.410. The maximum atomic E-state index is 13.1. The van der Waals surface area contributed by atoms with Gasteiger partial charge in [-0.25, -0.2) is 13.4 Å². The van der Waals surface area contributed by atoms with Crippen molar-refractivity contribution < 1.29 is 21.6 Å². The average molecular weight is 401 g/mol. The topological polar surface area (TPSA) is 52.0 Å². The van der Waals surface area contributed by atoms with Gasteiger partial charge in [0.1, 0.15) is 5.82 Å². The van der Waals surface area contributed by atoms with E-state index < -0.39 is 21.7 Å². The van der Waals surface area contributed by atoms with E-state index in [2.05, 4.69) is 4.98 Å². The Kier molecular flexibility index (Phi) is 4.58. The standard InChI is InChI=1S/C17H12ClF3N2O2S/c1-26(24,25)12-8-6-11(7-9-12)16-22-15(17(19,20)21)10-23(16)14-5-3-2-4-13(14)18/h2-10H,1H3. The third-order valence-corrected chi connectivity index (χ3v) is 5.10. The summed E-state index contributed by atoms with van der Waals surface area (Å²) in [6.45, 7) is 0. The van der Waals surface area contributed by atoms with Crippen LogP contribution in [0.1, 0.15) is 5.69 Å². The SMILES string of the molecule is CS(=O)(=O)c1ccc(-c2nc(C(F)(F)F)cn2-c2ccccc2Cl)cc1. The van der Waals surface area contributed by atoms with Gasteiger partial charge < -0.3 is 0 Å². The van der Waals surface area contributed by atoms with Gasteiger partial charge in [-0.3, -0.25) is 4.57 Å². The summed E-state index contributed by atoms with van der Waals surface area (Å²) in [6.07, 6.45) is -2.72. The van der Waals surface area contributed by atoms with Crippen molar-refractivity contribution in [1.82, 2.24) is 9.55 Å².